The number of unbranched alkanes of at least 4 members (excludes halogenated alkanes) is 25. The third-order valence-corrected chi connectivity index (χ3v) is 15.8. The van der Waals surface area contributed by atoms with Crippen molar-refractivity contribution in [1.29, 1.82) is 0 Å². The van der Waals surface area contributed by atoms with E-state index < -0.39 is 0 Å². The molecule has 0 aromatic heterocycles. The molecule has 0 saturated carbocycles. The number of nitrogens with one attached hydrogen (secondary N) is 6. The highest BCUT2D eigenvalue weighted by atomic mass is 16.2. The molecule has 0 aromatic rings. The van der Waals surface area contributed by atoms with Crippen molar-refractivity contribution in [2.45, 2.75) is 276 Å². The normalized spacial score (nSPS) is 12.7. The molecule has 0 rings (SSSR count). The summed E-state index contributed by atoms with van der Waals surface area (Å²) in [6.45, 7) is 20.0. The van der Waals surface area contributed by atoms with Gasteiger partial charge in [-0.15, -0.1) is 0 Å². The Labute approximate surface area is 502 Å². The van der Waals surface area contributed by atoms with E-state index in [2.05, 4.69) is 79.9 Å². The summed E-state index contributed by atoms with van der Waals surface area (Å²) >= 11 is 0. The van der Waals surface area contributed by atoms with E-state index in [-0.39, 0.29) is 23.9 Å². The predicted octanol–water partition coefficient (Wildman–Crippen LogP) is 11.1. The van der Waals surface area contributed by atoms with Gasteiger partial charge in [-0.05, 0) is 240 Å². The molecule has 480 valence electrons. The Kier molecular flexibility index (Phi) is 65.5. The zero-order valence-electron chi connectivity index (χ0n) is 53.8. The van der Waals surface area contributed by atoms with Gasteiger partial charge in [0.2, 0.25) is 11.8 Å². The third-order valence-electron chi connectivity index (χ3n) is 15.8. The average Bonchev–Trinajstić information content (AvgIpc) is 3.47. The standard InChI is InChI=1S/C67H140N12O2/c1-3-5-7-9-11-13-15-17-19-21-23-25-27-29-31-33-58-78(62-42-55-76-66(80)64(74-53-40-48-70)44-37-50-72-51-38-46-68)60-35-36-61-79(59-34-32-30-28-26-24-22-20-18-16-14-12-10-8-6-4-2)63-43-56-77-67(81)65(75-54-41-49-71)45-57-73-52-39-47-69/h17-20,64-65,72-75H,3-16,21-63,68-71H2,1-2H3,(H,76,80)(H,77,81)/b19-17-,20-18-. The second-order valence-electron chi connectivity index (χ2n) is 23.6. The number of nitrogens with two attached hydrogens (primary N) is 4. The highest BCUT2D eigenvalue weighted by Crippen LogP contribution is 2.14. The number of hydrogen-bond donors (Lipinski definition) is 10. The quantitative estimate of drug-likeness (QED) is 0.0203. The molecule has 0 aliphatic carbocycles. The van der Waals surface area contributed by atoms with Crippen LogP contribution in [-0.2, 0) is 9.59 Å². The number of hydrogen-bond acceptors (Lipinski definition) is 12. The van der Waals surface area contributed by atoms with E-state index in [1.807, 2.05) is 0 Å². The monoisotopic (exact) mass is 1150 g/mol. The lowest BCUT2D eigenvalue weighted by molar-refractivity contribution is -0.124. The van der Waals surface area contributed by atoms with Gasteiger partial charge >= 0.3 is 0 Å². The number of carbonyl (C=O) groups is 2. The van der Waals surface area contributed by atoms with E-state index in [4.69, 9.17) is 22.9 Å². The van der Waals surface area contributed by atoms with Crippen LogP contribution in [0, 0.1) is 0 Å². The molecule has 81 heavy (non-hydrogen) atoms. The fourth-order valence-corrected chi connectivity index (χ4v) is 10.6. The highest BCUT2D eigenvalue weighted by molar-refractivity contribution is 5.82. The molecule has 2 amide bonds. The Morgan fingerprint density at radius 1 is 0.321 bits per heavy atom. The summed E-state index contributed by atoms with van der Waals surface area (Å²) in [5, 5.41) is 20.4. The molecule has 0 aliphatic rings. The van der Waals surface area contributed by atoms with Gasteiger partial charge in [0.25, 0.3) is 0 Å². The van der Waals surface area contributed by atoms with E-state index in [9.17, 15) is 9.59 Å². The lowest BCUT2D eigenvalue weighted by Gasteiger charge is -2.25. The smallest absolute Gasteiger partial charge is 0.237 e. The van der Waals surface area contributed by atoms with Crippen molar-refractivity contribution >= 4 is 11.8 Å². The van der Waals surface area contributed by atoms with E-state index in [1.54, 1.807) is 0 Å². The zero-order valence-corrected chi connectivity index (χ0v) is 53.8. The van der Waals surface area contributed by atoms with Crippen molar-refractivity contribution in [3.8, 4) is 0 Å². The Morgan fingerprint density at radius 3 is 1.00 bits per heavy atom. The Balaban J connectivity index is 5.44. The first-order valence-electron chi connectivity index (χ1n) is 35.0. The maximum atomic E-state index is 13.5. The molecule has 0 saturated heterocycles. The number of allylic oxidation sites excluding steroid dienone is 4. The topological polar surface area (TPSA) is 217 Å². The van der Waals surface area contributed by atoms with Gasteiger partial charge in [-0.25, -0.2) is 0 Å². The van der Waals surface area contributed by atoms with Crippen LogP contribution in [0.25, 0.3) is 0 Å². The first-order chi connectivity index (χ1) is 40.0. The number of rotatable bonds is 68. The molecular formula is C67H140N12O2. The highest BCUT2D eigenvalue weighted by Gasteiger charge is 2.19. The molecule has 0 radical (unpaired) electrons. The molecule has 14 N–H and O–H groups in total. The summed E-state index contributed by atoms with van der Waals surface area (Å²) in [5.74, 6) is 0.204. The number of carbonyl (C=O) groups excluding carboxylic acids is 2. The van der Waals surface area contributed by atoms with Gasteiger partial charge in [0.05, 0.1) is 12.1 Å². The predicted molar refractivity (Wildman–Crippen MR) is 354 cm³/mol. The molecule has 0 heterocycles. The molecule has 0 bridgehead atoms. The molecule has 14 nitrogen and oxygen atoms in total. The fourth-order valence-electron chi connectivity index (χ4n) is 10.6. The van der Waals surface area contributed by atoms with E-state index in [0.29, 0.717) is 39.3 Å². The van der Waals surface area contributed by atoms with Crippen LogP contribution in [0.5, 0.6) is 0 Å². The maximum Gasteiger partial charge on any atom is 0.237 e. The minimum atomic E-state index is -0.222. The first kappa shape index (κ1) is 79.0. The molecule has 14 heteroatoms. The summed E-state index contributed by atoms with van der Waals surface area (Å²) in [5.41, 5.74) is 22.9. The van der Waals surface area contributed by atoms with Crippen LogP contribution >= 0.6 is 0 Å². The van der Waals surface area contributed by atoms with Crippen molar-refractivity contribution in [2.24, 2.45) is 22.9 Å². The lowest BCUT2D eigenvalue weighted by Crippen LogP contribution is -2.46. The molecule has 2 unspecified atom stereocenters. The minimum absolute atomic E-state index is 0.0928. The van der Waals surface area contributed by atoms with Crippen molar-refractivity contribution in [3.63, 3.8) is 0 Å². The van der Waals surface area contributed by atoms with E-state index in [1.165, 1.54) is 193 Å². The van der Waals surface area contributed by atoms with Gasteiger partial charge in [-0.3, -0.25) is 9.59 Å². The summed E-state index contributed by atoms with van der Waals surface area (Å²) in [4.78, 5) is 32.2. The molecule has 0 aromatic carbocycles. The molecule has 0 spiro atoms. The fraction of sp³-hybridized carbons (Fsp3) is 0.910. The first-order valence-corrected chi connectivity index (χ1v) is 35.0. The van der Waals surface area contributed by atoms with Crippen LogP contribution < -0.4 is 54.8 Å². The van der Waals surface area contributed by atoms with Crippen LogP contribution in [0.2, 0.25) is 0 Å². The van der Waals surface area contributed by atoms with Crippen LogP contribution in [0.15, 0.2) is 24.3 Å². The van der Waals surface area contributed by atoms with Crippen molar-refractivity contribution in [3.05, 3.63) is 24.3 Å². The molecule has 0 fully saturated rings. The zero-order chi connectivity index (χ0) is 58.8. The summed E-state index contributed by atoms with van der Waals surface area (Å²) in [6.07, 6.45) is 57.1. The molecule has 0 aliphatic heterocycles. The maximum absolute atomic E-state index is 13.5. The van der Waals surface area contributed by atoms with E-state index >= 15 is 0 Å². The second-order valence-corrected chi connectivity index (χ2v) is 23.6. The van der Waals surface area contributed by atoms with Crippen LogP contribution in [0.1, 0.15) is 264 Å². The molecule has 2 atom stereocenters. The molecular weight excluding hydrogens is 1000 g/mol. The van der Waals surface area contributed by atoms with Crippen molar-refractivity contribution in [1.82, 2.24) is 41.7 Å². The van der Waals surface area contributed by atoms with Crippen molar-refractivity contribution in [2.75, 3.05) is 118 Å². The van der Waals surface area contributed by atoms with Gasteiger partial charge in [0.15, 0.2) is 0 Å². The van der Waals surface area contributed by atoms with Gasteiger partial charge in [-0.1, -0.05) is 154 Å². The summed E-state index contributed by atoms with van der Waals surface area (Å²) in [6, 6.07) is -0.416. The van der Waals surface area contributed by atoms with Gasteiger partial charge < -0.3 is 64.6 Å². The van der Waals surface area contributed by atoms with Gasteiger partial charge in [-0.2, -0.15) is 0 Å². The third kappa shape index (κ3) is 58.2. The Hall–Kier alpha value is -1.98. The summed E-state index contributed by atoms with van der Waals surface area (Å²) in [7, 11) is 0. The van der Waals surface area contributed by atoms with Crippen LogP contribution in [-0.4, -0.2) is 152 Å². The average molecular weight is 1150 g/mol. The van der Waals surface area contributed by atoms with Crippen molar-refractivity contribution < 1.29 is 9.59 Å². The lowest BCUT2D eigenvalue weighted by atomic mass is 10.1. The Bertz CT molecular complexity index is 1330. The van der Waals surface area contributed by atoms with Gasteiger partial charge in [0, 0.05) is 13.1 Å². The number of amides is 2. The second kappa shape index (κ2) is 67.2. The largest absolute Gasteiger partial charge is 0.355 e. The van der Waals surface area contributed by atoms with Crippen LogP contribution in [0.3, 0.4) is 0 Å². The van der Waals surface area contributed by atoms with E-state index in [0.717, 1.165) is 136 Å². The minimum Gasteiger partial charge on any atom is -0.355 e. The SMILES string of the molecule is CCCCCCCC/C=C\CCCCCCCCN(CCCCN(CCCCCCCC/C=C\CCCCCCCC)CCCNC(=O)C(CCNCCCN)NCCCN)CCCNC(=O)C(CCCNCCCN)NCCCN. The number of nitrogens with zero attached hydrogens (tertiary/aromatic N) is 2. The summed E-state index contributed by atoms with van der Waals surface area (Å²) < 4.78 is 0. The van der Waals surface area contributed by atoms with Crippen LogP contribution in [0.4, 0.5) is 0 Å². The Morgan fingerprint density at radius 2 is 0.617 bits per heavy atom. The van der Waals surface area contributed by atoms with Gasteiger partial charge in [0.1, 0.15) is 0 Å².